The van der Waals surface area contributed by atoms with Crippen LogP contribution in [0.15, 0.2) is 36.4 Å². The summed E-state index contributed by atoms with van der Waals surface area (Å²) >= 11 is 0. The first-order chi connectivity index (χ1) is 9.65. The van der Waals surface area contributed by atoms with Crippen molar-refractivity contribution in [3.8, 4) is 5.75 Å². The smallest absolute Gasteiger partial charge is 0.162 e. The number of fused-ring (bicyclic) bond motifs is 1. The van der Waals surface area contributed by atoms with Crippen LogP contribution >= 0.6 is 0 Å². The number of nitrogens with one attached hydrogen (secondary N) is 1. The van der Waals surface area contributed by atoms with Crippen molar-refractivity contribution in [1.82, 2.24) is 5.32 Å². The zero-order chi connectivity index (χ0) is 14.1. The molecule has 1 atom stereocenters. The van der Waals surface area contributed by atoms with Crippen LogP contribution in [0.1, 0.15) is 22.7 Å². The molecule has 1 aliphatic rings. The van der Waals surface area contributed by atoms with Crippen LogP contribution in [0.4, 0.5) is 8.78 Å². The lowest BCUT2D eigenvalue weighted by Crippen LogP contribution is -2.31. The summed E-state index contributed by atoms with van der Waals surface area (Å²) in [5.74, 6) is -1.42. The minimum atomic E-state index is -0.825. The highest BCUT2D eigenvalue weighted by Gasteiger charge is 2.22. The van der Waals surface area contributed by atoms with E-state index < -0.39 is 11.6 Å². The average molecular weight is 275 g/mol. The summed E-state index contributed by atoms with van der Waals surface area (Å²) in [6, 6.07) is 9.36. The molecule has 0 aromatic heterocycles. The maximum Gasteiger partial charge on any atom is 0.162 e. The van der Waals surface area contributed by atoms with Gasteiger partial charge in [-0.2, -0.15) is 0 Å². The number of aromatic hydroxyl groups is 1. The fourth-order valence-electron chi connectivity index (χ4n) is 2.73. The van der Waals surface area contributed by atoms with Crippen LogP contribution in [0.2, 0.25) is 0 Å². The van der Waals surface area contributed by atoms with Gasteiger partial charge in [0.2, 0.25) is 0 Å². The highest BCUT2D eigenvalue weighted by atomic mass is 19.2. The normalized spacial score (nSPS) is 17.8. The Balaban J connectivity index is 1.93. The van der Waals surface area contributed by atoms with Gasteiger partial charge in [-0.15, -0.1) is 0 Å². The Hall–Kier alpha value is -1.94. The van der Waals surface area contributed by atoms with Crippen LogP contribution in [0, 0.1) is 11.6 Å². The van der Waals surface area contributed by atoms with Crippen LogP contribution < -0.4 is 5.32 Å². The van der Waals surface area contributed by atoms with Gasteiger partial charge in [0, 0.05) is 6.04 Å². The Kier molecular flexibility index (Phi) is 3.40. The molecule has 0 amide bonds. The molecule has 2 nitrogen and oxygen atoms in total. The fourth-order valence-corrected chi connectivity index (χ4v) is 2.73. The monoisotopic (exact) mass is 275 g/mol. The molecule has 2 aromatic rings. The van der Waals surface area contributed by atoms with Gasteiger partial charge in [0.15, 0.2) is 11.6 Å². The van der Waals surface area contributed by atoms with E-state index in [4.69, 9.17) is 0 Å². The molecule has 0 saturated carbocycles. The average Bonchev–Trinajstić information content (AvgIpc) is 2.44. The van der Waals surface area contributed by atoms with Crippen LogP contribution in [0.3, 0.4) is 0 Å². The zero-order valence-electron chi connectivity index (χ0n) is 10.9. The lowest BCUT2D eigenvalue weighted by molar-refractivity contribution is 0.455. The second-order valence-electron chi connectivity index (χ2n) is 5.06. The maximum atomic E-state index is 13.8. The number of phenols is 1. The van der Waals surface area contributed by atoms with Crippen LogP contribution in [-0.4, -0.2) is 11.7 Å². The van der Waals surface area contributed by atoms with Crippen molar-refractivity contribution in [2.24, 2.45) is 0 Å². The molecule has 0 aliphatic carbocycles. The van der Waals surface area contributed by atoms with E-state index >= 15 is 0 Å². The number of phenolic OH excluding ortho intramolecular Hbond substituents is 1. The number of halogens is 2. The molecule has 3 rings (SSSR count). The standard InChI is InChI=1S/C16H15F2NO/c17-14-3-1-2-11(16(14)18)8-15-13-9-12(20)5-4-10(13)6-7-19-15/h1-5,9,15,19-20H,6-8H2. The third kappa shape index (κ3) is 2.39. The Labute approximate surface area is 116 Å². The molecule has 1 aliphatic heterocycles. The van der Waals surface area contributed by atoms with Gasteiger partial charge in [0.05, 0.1) is 0 Å². The molecule has 1 unspecified atom stereocenters. The Morgan fingerprint density at radius 1 is 1.20 bits per heavy atom. The largest absolute Gasteiger partial charge is 0.508 e. The van der Waals surface area contributed by atoms with E-state index in [1.807, 2.05) is 6.07 Å². The molecule has 0 spiro atoms. The first kappa shape index (κ1) is 13.1. The predicted molar refractivity (Wildman–Crippen MR) is 72.6 cm³/mol. The number of hydrogen-bond acceptors (Lipinski definition) is 2. The summed E-state index contributed by atoms with van der Waals surface area (Å²) in [4.78, 5) is 0. The van der Waals surface area contributed by atoms with E-state index in [2.05, 4.69) is 5.32 Å². The summed E-state index contributed by atoms with van der Waals surface area (Å²) in [5.41, 5.74) is 2.45. The van der Waals surface area contributed by atoms with Crippen molar-refractivity contribution >= 4 is 0 Å². The van der Waals surface area contributed by atoms with Gasteiger partial charge in [-0.1, -0.05) is 18.2 Å². The van der Waals surface area contributed by atoms with Gasteiger partial charge in [-0.05, 0) is 54.3 Å². The maximum absolute atomic E-state index is 13.8. The number of hydrogen-bond donors (Lipinski definition) is 2. The minimum Gasteiger partial charge on any atom is -0.508 e. The van der Waals surface area contributed by atoms with Crippen molar-refractivity contribution in [3.63, 3.8) is 0 Å². The third-order valence-electron chi connectivity index (χ3n) is 3.75. The van der Waals surface area contributed by atoms with Crippen LogP contribution in [0.25, 0.3) is 0 Å². The van der Waals surface area contributed by atoms with E-state index in [0.717, 1.165) is 30.2 Å². The van der Waals surface area contributed by atoms with E-state index in [1.165, 1.54) is 6.07 Å². The van der Waals surface area contributed by atoms with Crippen LogP contribution in [-0.2, 0) is 12.8 Å². The van der Waals surface area contributed by atoms with Crippen molar-refractivity contribution in [2.45, 2.75) is 18.9 Å². The van der Waals surface area contributed by atoms with Crippen molar-refractivity contribution < 1.29 is 13.9 Å². The molecule has 0 saturated heterocycles. The lowest BCUT2D eigenvalue weighted by Gasteiger charge is -2.27. The second kappa shape index (κ2) is 5.21. The molecule has 104 valence electrons. The first-order valence-corrected chi connectivity index (χ1v) is 6.63. The van der Waals surface area contributed by atoms with E-state index in [-0.39, 0.29) is 11.8 Å². The molecular weight excluding hydrogens is 260 g/mol. The van der Waals surface area contributed by atoms with Crippen LogP contribution in [0.5, 0.6) is 5.75 Å². The quantitative estimate of drug-likeness (QED) is 0.882. The summed E-state index contributed by atoms with van der Waals surface area (Å²) in [5, 5.41) is 12.9. The van der Waals surface area contributed by atoms with Gasteiger partial charge in [-0.3, -0.25) is 0 Å². The molecule has 2 aromatic carbocycles. The molecule has 2 N–H and O–H groups in total. The highest BCUT2D eigenvalue weighted by molar-refractivity contribution is 5.39. The lowest BCUT2D eigenvalue weighted by atomic mass is 9.90. The first-order valence-electron chi connectivity index (χ1n) is 6.63. The summed E-state index contributed by atoms with van der Waals surface area (Å²) in [7, 11) is 0. The SMILES string of the molecule is Oc1ccc2c(c1)C(Cc1cccc(F)c1F)NCC2. The molecule has 20 heavy (non-hydrogen) atoms. The molecule has 1 heterocycles. The van der Waals surface area contributed by atoms with Gasteiger partial charge < -0.3 is 10.4 Å². The number of benzene rings is 2. The third-order valence-corrected chi connectivity index (χ3v) is 3.75. The molecular formula is C16H15F2NO. The van der Waals surface area contributed by atoms with Gasteiger partial charge in [0.25, 0.3) is 0 Å². The van der Waals surface area contributed by atoms with Gasteiger partial charge >= 0.3 is 0 Å². The molecule has 0 fully saturated rings. The Morgan fingerprint density at radius 2 is 2.05 bits per heavy atom. The van der Waals surface area contributed by atoms with Gasteiger partial charge in [0.1, 0.15) is 5.75 Å². The van der Waals surface area contributed by atoms with Gasteiger partial charge in [-0.25, -0.2) is 8.78 Å². The topological polar surface area (TPSA) is 32.3 Å². The number of rotatable bonds is 2. The molecule has 0 bridgehead atoms. The molecule has 4 heteroatoms. The Morgan fingerprint density at radius 3 is 2.90 bits per heavy atom. The van der Waals surface area contributed by atoms with Crippen molar-refractivity contribution in [1.29, 1.82) is 0 Å². The molecule has 0 radical (unpaired) electrons. The summed E-state index contributed by atoms with van der Waals surface area (Å²) in [6.45, 7) is 0.791. The predicted octanol–water partition coefficient (Wildman–Crippen LogP) is 3.10. The zero-order valence-corrected chi connectivity index (χ0v) is 10.9. The highest BCUT2D eigenvalue weighted by Crippen LogP contribution is 2.29. The van der Waals surface area contributed by atoms with E-state index in [9.17, 15) is 13.9 Å². The minimum absolute atomic E-state index is 0.109. The van der Waals surface area contributed by atoms with E-state index in [1.54, 1.807) is 18.2 Å². The van der Waals surface area contributed by atoms with Crippen molar-refractivity contribution in [3.05, 3.63) is 64.7 Å². The fraction of sp³-hybridized carbons (Fsp3) is 0.250. The Bertz CT molecular complexity index is 642. The second-order valence-corrected chi connectivity index (χ2v) is 5.06. The van der Waals surface area contributed by atoms with E-state index in [0.29, 0.717) is 12.0 Å². The summed E-state index contributed by atoms with van der Waals surface area (Å²) < 4.78 is 27.0. The van der Waals surface area contributed by atoms with Crippen molar-refractivity contribution in [2.75, 3.05) is 6.54 Å². The summed E-state index contributed by atoms with van der Waals surface area (Å²) in [6.07, 6.45) is 1.23.